The van der Waals surface area contributed by atoms with E-state index in [0.717, 1.165) is 85.0 Å². The van der Waals surface area contributed by atoms with E-state index in [1.165, 1.54) is 70.0 Å². The number of rotatable bonds is 4. The first kappa shape index (κ1) is 36.7. The number of piperidine rings is 2. The SMILES string of the molecule is Clc1ccc2c(c1)CCc1cccnc1C2C1CCNCC1.O=C(Cc1cc[n+]([O-])cc1)N1CCC(C2c3ccc(Cl)cc3CCc3cccnc32)CC1. The minimum Gasteiger partial charge on any atom is -0.619 e. The quantitative estimate of drug-likeness (QED) is 0.148. The minimum atomic E-state index is 0.124. The second-order valence-corrected chi connectivity index (χ2v) is 16.2. The average Bonchev–Trinajstić information content (AvgIpc) is 3.47. The molecule has 54 heavy (non-hydrogen) atoms. The van der Waals surface area contributed by atoms with Gasteiger partial charge in [-0.25, -0.2) is 0 Å². The van der Waals surface area contributed by atoms with Crippen molar-refractivity contribution in [2.75, 3.05) is 26.2 Å². The van der Waals surface area contributed by atoms with Gasteiger partial charge in [-0.2, -0.15) is 4.73 Å². The summed E-state index contributed by atoms with van der Waals surface area (Å²) in [5.74, 6) is 1.89. The third-order valence-corrected chi connectivity index (χ3v) is 12.6. The first-order valence-corrected chi connectivity index (χ1v) is 20.3. The van der Waals surface area contributed by atoms with Crippen LogP contribution in [0.2, 0.25) is 10.0 Å². The summed E-state index contributed by atoms with van der Waals surface area (Å²) in [5, 5.41) is 16.3. The number of hydrogen-bond donors (Lipinski definition) is 1. The smallest absolute Gasteiger partial charge is 0.226 e. The maximum Gasteiger partial charge on any atom is 0.226 e. The van der Waals surface area contributed by atoms with Crippen LogP contribution in [0.1, 0.15) is 87.9 Å². The molecule has 5 heterocycles. The third-order valence-electron chi connectivity index (χ3n) is 12.1. The molecule has 9 heteroatoms. The maximum atomic E-state index is 12.8. The van der Waals surface area contributed by atoms with E-state index in [1.807, 2.05) is 35.5 Å². The fourth-order valence-corrected chi connectivity index (χ4v) is 9.76. The van der Waals surface area contributed by atoms with E-state index in [0.29, 0.717) is 24.2 Å². The highest BCUT2D eigenvalue weighted by Gasteiger charge is 2.35. The molecule has 1 N–H and O–H groups in total. The van der Waals surface area contributed by atoms with Crippen LogP contribution >= 0.6 is 23.2 Å². The Kier molecular flexibility index (Phi) is 11.3. The van der Waals surface area contributed by atoms with Crippen molar-refractivity contribution in [1.29, 1.82) is 0 Å². The van der Waals surface area contributed by atoms with Gasteiger partial charge in [0.2, 0.25) is 5.91 Å². The van der Waals surface area contributed by atoms with E-state index in [-0.39, 0.29) is 11.8 Å². The first-order chi connectivity index (χ1) is 26.4. The Morgan fingerprint density at radius 3 is 1.74 bits per heavy atom. The molecule has 2 saturated heterocycles. The zero-order chi connectivity index (χ0) is 37.0. The number of halogens is 2. The van der Waals surface area contributed by atoms with Gasteiger partial charge in [0.15, 0.2) is 12.4 Å². The number of likely N-dealkylation sites (tertiary alicyclic amines) is 1. The number of aryl methyl sites for hydroxylation is 4. The van der Waals surface area contributed by atoms with E-state index in [1.54, 1.807) is 12.1 Å². The van der Waals surface area contributed by atoms with E-state index < -0.39 is 0 Å². The highest BCUT2D eigenvalue weighted by molar-refractivity contribution is 6.31. The van der Waals surface area contributed by atoms with Crippen LogP contribution in [-0.4, -0.2) is 47.0 Å². The standard InChI is InChI=1S/C26H26ClN3O2.C19H21ClN2/c27-22-5-6-23-21(17-22)4-3-20-2-1-11-28-26(20)25(23)19-9-12-29(13-10-19)24(31)16-18-7-14-30(32)15-8-18;20-16-5-6-17-15(12-16)4-3-14-2-1-9-22-19(14)18(17)13-7-10-21-11-8-13/h1-2,5-8,11,14-15,17,19,25H,3-4,9-10,12-13,16H2;1-2,5-6,9,12-13,18,21H,3-4,7-8,10-11H2. The van der Waals surface area contributed by atoms with Crippen molar-refractivity contribution in [2.45, 2.75) is 69.6 Å². The molecule has 4 aliphatic rings. The third kappa shape index (κ3) is 8.05. The monoisotopic (exact) mass is 759 g/mol. The van der Waals surface area contributed by atoms with Crippen molar-refractivity contribution in [1.82, 2.24) is 20.2 Å². The molecule has 2 aromatic carbocycles. The number of nitrogens with zero attached hydrogens (tertiary/aromatic N) is 4. The molecule has 5 aromatic rings. The minimum absolute atomic E-state index is 0.124. The Bertz CT molecular complexity index is 2090. The van der Waals surface area contributed by atoms with Gasteiger partial charge in [-0.3, -0.25) is 14.8 Å². The van der Waals surface area contributed by atoms with Crippen LogP contribution in [-0.2, 0) is 36.9 Å². The second-order valence-electron chi connectivity index (χ2n) is 15.3. The molecule has 0 radical (unpaired) electrons. The molecule has 2 atom stereocenters. The molecular formula is C45H47Cl2N5O2. The van der Waals surface area contributed by atoms with Crippen LogP contribution in [0.4, 0.5) is 0 Å². The lowest BCUT2D eigenvalue weighted by molar-refractivity contribution is -0.605. The molecule has 3 aromatic heterocycles. The van der Waals surface area contributed by atoms with Crippen LogP contribution in [0.5, 0.6) is 0 Å². The fourth-order valence-electron chi connectivity index (χ4n) is 9.37. The molecule has 0 spiro atoms. The molecule has 2 aliphatic heterocycles. The highest BCUT2D eigenvalue weighted by Crippen LogP contribution is 2.44. The predicted molar refractivity (Wildman–Crippen MR) is 214 cm³/mol. The summed E-state index contributed by atoms with van der Waals surface area (Å²) in [4.78, 5) is 24.4. The Morgan fingerprint density at radius 2 is 1.20 bits per heavy atom. The van der Waals surface area contributed by atoms with Gasteiger partial charge in [-0.1, -0.05) is 47.5 Å². The van der Waals surface area contributed by atoms with Gasteiger partial charge in [-0.05, 0) is 152 Å². The van der Waals surface area contributed by atoms with Gasteiger partial charge < -0.3 is 15.4 Å². The summed E-state index contributed by atoms with van der Waals surface area (Å²) < 4.78 is 0.739. The summed E-state index contributed by atoms with van der Waals surface area (Å²) in [5.41, 5.74) is 11.6. The number of benzene rings is 2. The Balaban J connectivity index is 0.000000164. The maximum absolute atomic E-state index is 12.8. The van der Waals surface area contributed by atoms with Gasteiger partial charge in [0.05, 0.1) is 17.8 Å². The summed E-state index contributed by atoms with van der Waals surface area (Å²) in [6.45, 7) is 3.73. The topological polar surface area (TPSA) is 85.1 Å². The Morgan fingerprint density at radius 1 is 0.704 bits per heavy atom. The van der Waals surface area contributed by atoms with E-state index in [9.17, 15) is 10.0 Å². The van der Waals surface area contributed by atoms with Crippen molar-refractivity contribution in [3.8, 4) is 0 Å². The fraction of sp³-hybridized carbons (Fsp3) is 0.378. The molecule has 2 fully saturated rings. The molecular weight excluding hydrogens is 713 g/mol. The highest BCUT2D eigenvalue weighted by atomic mass is 35.5. The molecule has 2 aliphatic carbocycles. The second kappa shape index (κ2) is 16.6. The lowest BCUT2D eigenvalue weighted by Crippen LogP contribution is -2.41. The van der Waals surface area contributed by atoms with Gasteiger partial charge in [-0.15, -0.1) is 0 Å². The van der Waals surface area contributed by atoms with Crippen molar-refractivity contribution in [3.05, 3.63) is 163 Å². The summed E-state index contributed by atoms with van der Waals surface area (Å²) >= 11 is 12.6. The average molecular weight is 761 g/mol. The van der Waals surface area contributed by atoms with Crippen LogP contribution in [0.15, 0.2) is 97.6 Å². The molecule has 0 saturated carbocycles. The number of carbonyl (C=O) groups excluding carboxylic acids is 1. The van der Waals surface area contributed by atoms with Crippen LogP contribution < -0.4 is 10.0 Å². The molecule has 0 bridgehead atoms. The Hall–Kier alpha value is -4.30. The molecule has 278 valence electrons. The molecule has 2 unspecified atom stereocenters. The van der Waals surface area contributed by atoms with Gasteiger partial charge >= 0.3 is 0 Å². The Labute approximate surface area is 328 Å². The van der Waals surface area contributed by atoms with Crippen LogP contribution in [0, 0.1) is 17.0 Å². The van der Waals surface area contributed by atoms with Gasteiger partial charge in [0.1, 0.15) is 0 Å². The first-order valence-electron chi connectivity index (χ1n) is 19.5. The summed E-state index contributed by atoms with van der Waals surface area (Å²) in [6.07, 6.45) is 15.5. The number of hydrogen-bond acceptors (Lipinski definition) is 5. The van der Waals surface area contributed by atoms with Crippen molar-refractivity contribution in [2.24, 2.45) is 11.8 Å². The largest absolute Gasteiger partial charge is 0.619 e. The summed E-state index contributed by atoms with van der Waals surface area (Å²) in [7, 11) is 0. The zero-order valence-electron chi connectivity index (χ0n) is 30.6. The predicted octanol–water partition coefficient (Wildman–Crippen LogP) is 8.05. The number of carbonyl (C=O) groups is 1. The lowest BCUT2D eigenvalue weighted by Gasteiger charge is -2.37. The van der Waals surface area contributed by atoms with E-state index in [2.05, 4.69) is 47.8 Å². The normalized spacial score (nSPS) is 19.9. The molecule has 7 nitrogen and oxygen atoms in total. The molecule has 1 amide bonds. The van der Waals surface area contributed by atoms with E-state index in [4.69, 9.17) is 33.2 Å². The van der Waals surface area contributed by atoms with Crippen molar-refractivity contribution >= 4 is 29.1 Å². The molecule has 9 rings (SSSR count). The van der Waals surface area contributed by atoms with E-state index >= 15 is 0 Å². The number of aromatic nitrogens is 3. The zero-order valence-corrected chi connectivity index (χ0v) is 32.1. The number of pyridine rings is 3. The van der Waals surface area contributed by atoms with Crippen molar-refractivity contribution < 1.29 is 9.52 Å². The van der Waals surface area contributed by atoms with Gasteiger partial charge in [0, 0.05) is 59.5 Å². The lowest BCUT2D eigenvalue weighted by atomic mass is 9.76. The number of fused-ring (bicyclic) bond motifs is 4. The van der Waals surface area contributed by atoms with Crippen LogP contribution in [0.25, 0.3) is 0 Å². The van der Waals surface area contributed by atoms with Gasteiger partial charge in [0.25, 0.3) is 0 Å². The van der Waals surface area contributed by atoms with Crippen LogP contribution in [0.3, 0.4) is 0 Å². The van der Waals surface area contributed by atoms with Crippen molar-refractivity contribution in [3.63, 3.8) is 0 Å². The number of nitrogens with one attached hydrogen (secondary N) is 1. The number of amides is 1. The summed E-state index contributed by atoms with van der Waals surface area (Å²) in [6, 6.07) is 24.7.